The van der Waals surface area contributed by atoms with E-state index in [1.807, 2.05) is 0 Å². The number of fused-ring (bicyclic) bond motifs is 1. The smallest absolute Gasteiger partial charge is 0.256 e. The molecule has 0 fully saturated rings. The SMILES string of the molecule is CCNC(=O)c1c[nH]c2ncncc2c1=O. The molecule has 1 amide bonds. The summed E-state index contributed by atoms with van der Waals surface area (Å²) in [5.41, 5.74) is 0.137. The van der Waals surface area contributed by atoms with Crippen LogP contribution in [0.15, 0.2) is 23.5 Å². The van der Waals surface area contributed by atoms with Gasteiger partial charge in [-0.2, -0.15) is 0 Å². The molecule has 0 bridgehead atoms. The molecule has 2 aromatic rings. The number of aromatic nitrogens is 3. The fourth-order valence-corrected chi connectivity index (χ4v) is 1.39. The molecule has 0 aliphatic carbocycles. The molecule has 2 N–H and O–H groups in total. The Balaban J connectivity index is 2.61. The van der Waals surface area contributed by atoms with Gasteiger partial charge in [0.25, 0.3) is 5.91 Å². The first-order valence-corrected chi connectivity index (χ1v) is 4.83. The highest BCUT2D eigenvalue weighted by molar-refractivity contribution is 5.96. The summed E-state index contributed by atoms with van der Waals surface area (Å²) < 4.78 is 0. The molecule has 0 aromatic carbocycles. The summed E-state index contributed by atoms with van der Waals surface area (Å²) in [5.74, 6) is -0.394. The van der Waals surface area contributed by atoms with E-state index in [-0.39, 0.29) is 11.0 Å². The van der Waals surface area contributed by atoms with Crippen LogP contribution in [-0.4, -0.2) is 27.4 Å². The number of H-pyrrole nitrogens is 1. The van der Waals surface area contributed by atoms with Gasteiger partial charge in [-0.3, -0.25) is 9.59 Å². The number of hydrogen-bond donors (Lipinski definition) is 2. The zero-order chi connectivity index (χ0) is 11.5. The first-order chi connectivity index (χ1) is 7.74. The minimum Gasteiger partial charge on any atom is -0.352 e. The molecular weight excluding hydrogens is 208 g/mol. The first-order valence-electron chi connectivity index (χ1n) is 4.83. The Morgan fingerprint density at radius 2 is 2.38 bits per heavy atom. The molecule has 0 spiro atoms. The van der Waals surface area contributed by atoms with Crippen molar-refractivity contribution in [1.29, 1.82) is 0 Å². The van der Waals surface area contributed by atoms with Gasteiger partial charge in [-0.1, -0.05) is 0 Å². The van der Waals surface area contributed by atoms with Crippen molar-refractivity contribution in [2.24, 2.45) is 0 Å². The molecule has 16 heavy (non-hydrogen) atoms. The van der Waals surface area contributed by atoms with E-state index in [2.05, 4.69) is 20.3 Å². The lowest BCUT2D eigenvalue weighted by atomic mass is 10.2. The van der Waals surface area contributed by atoms with Gasteiger partial charge in [0.05, 0.1) is 5.39 Å². The molecular formula is C10H10N4O2. The number of pyridine rings is 1. The second-order valence-electron chi connectivity index (χ2n) is 3.18. The number of rotatable bonds is 2. The monoisotopic (exact) mass is 218 g/mol. The molecule has 0 saturated heterocycles. The van der Waals surface area contributed by atoms with Gasteiger partial charge in [0, 0.05) is 18.9 Å². The van der Waals surface area contributed by atoms with Gasteiger partial charge in [0.15, 0.2) is 0 Å². The Labute approximate surface area is 90.7 Å². The van der Waals surface area contributed by atoms with Gasteiger partial charge in [0.2, 0.25) is 5.43 Å². The zero-order valence-corrected chi connectivity index (χ0v) is 8.65. The van der Waals surface area contributed by atoms with Crippen LogP contribution >= 0.6 is 0 Å². The average Bonchev–Trinajstić information content (AvgIpc) is 2.30. The maximum absolute atomic E-state index is 11.9. The van der Waals surface area contributed by atoms with Crippen LogP contribution in [0, 0.1) is 0 Å². The number of carbonyl (C=O) groups excluding carboxylic acids is 1. The summed E-state index contributed by atoms with van der Waals surface area (Å²) >= 11 is 0. The summed E-state index contributed by atoms with van der Waals surface area (Å²) in [5, 5.41) is 2.88. The van der Waals surface area contributed by atoms with E-state index < -0.39 is 5.91 Å². The summed E-state index contributed by atoms with van der Waals surface area (Å²) in [4.78, 5) is 33.9. The molecule has 82 valence electrons. The van der Waals surface area contributed by atoms with Gasteiger partial charge in [-0.25, -0.2) is 9.97 Å². The fourth-order valence-electron chi connectivity index (χ4n) is 1.39. The second-order valence-corrected chi connectivity index (χ2v) is 3.18. The van der Waals surface area contributed by atoms with Crippen LogP contribution in [-0.2, 0) is 0 Å². The van der Waals surface area contributed by atoms with Crippen LogP contribution in [0.2, 0.25) is 0 Å². The predicted molar refractivity (Wildman–Crippen MR) is 58.2 cm³/mol. The second kappa shape index (κ2) is 4.09. The normalized spacial score (nSPS) is 10.3. The maximum Gasteiger partial charge on any atom is 0.256 e. The minimum absolute atomic E-state index is 0.0733. The molecule has 0 saturated carbocycles. The lowest BCUT2D eigenvalue weighted by Crippen LogP contribution is -2.28. The Hall–Kier alpha value is -2.24. The van der Waals surface area contributed by atoms with E-state index in [0.717, 1.165) is 0 Å². The van der Waals surface area contributed by atoms with E-state index in [9.17, 15) is 9.59 Å². The summed E-state index contributed by atoms with van der Waals surface area (Å²) in [6.07, 6.45) is 4.09. The van der Waals surface area contributed by atoms with Crippen molar-refractivity contribution in [3.05, 3.63) is 34.5 Å². The highest BCUT2D eigenvalue weighted by Crippen LogP contribution is 2.01. The number of amides is 1. The van der Waals surface area contributed by atoms with Crippen molar-refractivity contribution in [3.63, 3.8) is 0 Å². The molecule has 0 atom stereocenters. The van der Waals surface area contributed by atoms with Crippen molar-refractivity contribution in [1.82, 2.24) is 20.3 Å². The average molecular weight is 218 g/mol. The molecule has 6 nitrogen and oxygen atoms in total. The standard InChI is InChI=1S/C10H10N4O2/c1-2-12-10(16)7-4-13-9-6(8(7)15)3-11-5-14-9/h3-5H,2H2,1H3,(H,12,16)(H,11,13,14,15). The van der Waals surface area contributed by atoms with E-state index in [4.69, 9.17) is 0 Å². The third-order valence-electron chi connectivity index (χ3n) is 2.14. The van der Waals surface area contributed by atoms with E-state index >= 15 is 0 Å². The van der Waals surface area contributed by atoms with Crippen molar-refractivity contribution < 1.29 is 4.79 Å². The van der Waals surface area contributed by atoms with Crippen molar-refractivity contribution in [2.75, 3.05) is 6.54 Å². The Kier molecular flexibility index (Phi) is 2.63. The Bertz CT molecular complexity index is 591. The number of nitrogens with one attached hydrogen (secondary N) is 2. The Morgan fingerprint density at radius 1 is 1.56 bits per heavy atom. The maximum atomic E-state index is 11.9. The van der Waals surface area contributed by atoms with Crippen LogP contribution in [0.5, 0.6) is 0 Å². The number of aromatic amines is 1. The van der Waals surface area contributed by atoms with Gasteiger partial charge in [-0.15, -0.1) is 0 Å². The molecule has 0 aliphatic heterocycles. The van der Waals surface area contributed by atoms with Gasteiger partial charge in [-0.05, 0) is 6.92 Å². The Morgan fingerprint density at radius 3 is 3.12 bits per heavy atom. The van der Waals surface area contributed by atoms with Crippen LogP contribution in [0.3, 0.4) is 0 Å². The topological polar surface area (TPSA) is 87.7 Å². The molecule has 2 heterocycles. The van der Waals surface area contributed by atoms with E-state index in [1.54, 1.807) is 6.92 Å². The highest BCUT2D eigenvalue weighted by atomic mass is 16.2. The lowest BCUT2D eigenvalue weighted by Gasteiger charge is -2.02. The molecule has 2 rings (SSSR count). The predicted octanol–water partition coefficient (Wildman–Crippen LogP) is 0.0678. The fraction of sp³-hybridized carbons (Fsp3) is 0.200. The van der Waals surface area contributed by atoms with E-state index in [1.165, 1.54) is 18.7 Å². The molecule has 0 aliphatic rings. The highest BCUT2D eigenvalue weighted by Gasteiger charge is 2.12. The van der Waals surface area contributed by atoms with E-state index in [0.29, 0.717) is 17.6 Å². The molecule has 6 heteroatoms. The minimum atomic E-state index is -0.394. The van der Waals surface area contributed by atoms with Crippen molar-refractivity contribution in [2.45, 2.75) is 6.92 Å². The van der Waals surface area contributed by atoms with Crippen LogP contribution in [0.4, 0.5) is 0 Å². The number of nitrogens with zero attached hydrogens (tertiary/aromatic N) is 2. The first kappa shape index (κ1) is 10.3. The zero-order valence-electron chi connectivity index (χ0n) is 8.65. The molecule has 0 unspecified atom stereocenters. The molecule has 0 radical (unpaired) electrons. The largest absolute Gasteiger partial charge is 0.352 e. The number of hydrogen-bond acceptors (Lipinski definition) is 4. The van der Waals surface area contributed by atoms with Crippen LogP contribution < -0.4 is 10.7 Å². The van der Waals surface area contributed by atoms with Crippen LogP contribution in [0.25, 0.3) is 11.0 Å². The van der Waals surface area contributed by atoms with Crippen molar-refractivity contribution >= 4 is 16.9 Å². The summed E-state index contributed by atoms with van der Waals surface area (Å²) in [6.45, 7) is 2.26. The number of carbonyl (C=O) groups is 1. The third kappa shape index (κ3) is 1.65. The summed E-state index contributed by atoms with van der Waals surface area (Å²) in [7, 11) is 0. The molecule has 2 aromatic heterocycles. The quantitative estimate of drug-likeness (QED) is 0.746. The summed E-state index contributed by atoms with van der Waals surface area (Å²) in [6, 6.07) is 0. The lowest BCUT2D eigenvalue weighted by molar-refractivity contribution is 0.0954. The van der Waals surface area contributed by atoms with Gasteiger partial charge >= 0.3 is 0 Å². The van der Waals surface area contributed by atoms with Crippen molar-refractivity contribution in [3.8, 4) is 0 Å². The van der Waals surface area contributed by atoms with Crippen LogP contribution in [0.1, 0.15) is 17.3 Å². The third-order valence-corrected chi connectivity index (χ3v) is 2.14. The van der Waals surface area contributed by atoms with Gasteiger partial charge < -0.3 is 10.3 Å². The van der Waals surface area contributed by atoms with Gasteiger partial charge in [0.1, 0.15) is 17.5 Å².